The SMILES string of the molecule is CCCS(=O)(=O)N1CCC[C@H](Nc2ncccc2-c2cnc3c(cnn3COCC[Si](C)(C)C)n2)C1. The topological polar surface area (TPSA) is 115 Å². The maximum atomic E-state index is 12.6. The van der Waals surface area contributed by atoms with Gasteiger partial charge in [-0.2, -0.15) is 9.40 Å². The molecule has 0 amide bonds. The standard InChI is InChI=1S/C24H37N7O3SSi/c1-5-13-35(32,33)30-11-7-8-19(17-30)28-23-20(9-6-10-25-23)21-15-26-24-22(29-21)16-27-31(24)18-34-12-14-36(2,3)4/h6,9-10,15-16,19H,5,7-8,11-14,17-18H2,1-4H3,(H,25,28)/t19-/m0/s1. The summed E-state index contributed by atoms with van der Waals surface area (Å²) in [6, 6.07) is 4.89. The Bertz CT molecular complexity index is 1280. The lowest BCUT2D eigenvalue weighted by Crippen LogP contribution is -2.46. The van der Waals surface area contributed by atoms with E-state index in [1.807, 2.05) is 19.1 Å². The highest BCUT2D eigenvalue weighted by Gasteiger charge is 2.29. The van der Waals surface area contributed by atoms with Crippen LogP contribution in [0.25, 0.3) is 22.4 Å². The van der Waals surface area contributed by atoms with Crippen molar-refractivity contribution in [1.82, 2.24) is 29.0 Å². The van der Waals surface area contributed by atoms with Crippen LogP contribution in [-0.2, 0) is 21.5 Å². The van der Waals surface area contributed by atoms with Gasteiger partial charge in [0.05, 0.1) is 23.8 Å². The number of hydrogen-bond acceptors (Lipinski definition) is 8. The number of nitrogens with one attached hydrogen (secondary N) is 1. The number of hydrogen-bond donors (Lipinski definition) is 1. The van der Waals surface area contributed by atoms with Gasteiger partial charge in [0.1, 0.15) is 18.1 Å². The molecule has 0 bridgehead atoms. The molecule has 0 saturated carbocycles. The summed E-state index contributed by atoms with van der Waals surface area (Å²) in [4.78, 5) is 13.9. The number of rotatable bonds is 11. The fraction of sp³-hybridized carbons (Fsp3) is 0.583. The van der Waals surface area contributed by atoms with Crippen molar-refractivity contribution in [3.05, 3.63) is 30.7 Å². The second-order valence-electron chi connectivity index (χ2n) is 10.5. The van der Waals surface area contributed by atoms with Gasteiger partial charge < -0.3 is 10.1 Å². The quantitative estimate of drug-likeness (QED) is 0.293. The lowest BCUT2D eigenvalue weighted by molar-refractivity contribution is 0.0813. The predicted octanol–water partition coefficient (Wildman–Crippen LogP) is 3.82. The van der Waals surface area contributed by atoms with Gasteiger partial charge >= 0.3 is 0 Å². The van der Waals surface area contributed by atoms with Crippen molar-refractivity contribution >= 4 is 35.1 Å². The van der Waals surface area contributed by atoms with Gasteiger partial charge in [0, 0.05) is 45.6 Å². The van der Waals surface area contributed by atoms with E-state index in [-0.39, 0.29) is 11.8 Å². The van der Waals surface area contributed by atoms with Crippen LogP contribution in [0.2, 0.25) is 25.7 Å². The van der Waals surface area contributed by atoms with Crippen LogP contribution in [0.4, 0.5) is 5.82 Å². The monoisotopic (exact) mass is 531 g/mol. The molecule has 1 N–H and O–H groups in total. The molecule has 1 aliphatic heterocycles. The van der Waals surface area contributed by atoms with Crippen molar-refractivity contribution in [2.75, 3.05) is 30.8 Å². The third-order valence-electron chi connectivity index (χ3n) is 6.22. The highest BCUT2D eigenvalue weighted by atomic mass is 32.2. The first-order valence-corrected chi connectivity index (χ1v) is 17.9. The van der Waals surface area contributed by atoms with Crippen LogP contribution in [-0.4, -0.2) is 77.0 Å². The van der Waals surface area contributed by atoms with Gasteiger partial charge in [0.2, 0.25) is 10.0 Å². The Morgan fingerprint density at radius 1 is 1.22 bits per heavy atom. The molecule has 4 heterocycles. The van der Waals surface area contributed by atoms with Crippen LogP contribution >= 0.6 is 0 Å². The van der Waals surface area contributed by atoms with Crippen molar-refractivity contribution in [3.63, 3.8) is 0 Å². The normalized spacial score (nSPS) is 17.5. The lowest BCUT2D eigenvalue weighted by Gasteiger charge is -2.32. The van der Waals surface area contributed by atoms with E-state index in [1.54, 1.807) is 27.6 Å². The first-order chi connectivity index (χ1) is 17.2. The highest BCUT2D eigenvalue weighted by molar-refractivity contribution is 7.89. The molecule has 3 aromatic heterocycles. The molecule has 10 nitrogen and oxygen atoms in total. The van der Waals surface area contributed by atoms with E-state index in [0.717, 1.165) is 24.4 Å². The number of pyridine rings is 1. The van der Waals surface area contributed by atoms with Gasteiger partial charge in [-0.1, -0.05) is 26.6 Å². The summed E-state index contributed by atoms with van der Waals surface area (Å²) in [5.41, 5.74) is 2.86. The fourth-order valence-electron chi connectivity index (χ4n) is 4.24. The molecule has 0 aromatic carbocycles. The zero-order valence-electron chi connectivity index (χ0n) is 21.6. The molecule has 1 saturated heterocycles. The fourth-order valence-corrected chi connectivity index (χ4v) is 6.58. The summed E-state index contributed by atoms with van der Waals surface area (Å²) in [6.07, 6.45) is 7.46. The third-order valence-corrected chi connectivity index (χ3v) is 9.96. The third kappa shape index (κ3) is 6.66. The molecular weight excluding hydrogens is 494 g/mol. The van der Waals surface area contributed by atoms with Crippen molar-refractivity contribution in [2.45, 2.75) is 64.6 Å². The molecule has 1 fully saturated rings. The zero-order chi connectivity index (χ0) is 25.8. The van der Waals surface area contributed by atoms with E-state index in [1.165, 1.54) is 0 Å². The minimum Gasteiger partial charge on any atom is -0.365 e. The van der Waals surface area contributed by atoms with Crippen LogP contribution in [0.15, 0.2) is 30.7 Å². The van der Waals surface area contributed by atoms with Gasteiger partial charge in [0.15, 0.2) is 5.65 Å². The molecule has 36 heavy (non-hydrogen) atoms. The molecule has 0 unspecified atom stereocenters. The number of anilines is 1. The molecule has 0 spiro atoms. The summed E-state index contributed by atoms with van der Waals surface area (Å²) < 4.78 is 34.3. The van der Waals surface area contributed by atoms with E-state index in [2.05, 4.69) is 40.0 Å². The van der Waals surface area contributed by atoms with Crippen LogP contribution in [0.3, 0.4) is 0 Å². The van der Waals surface area contributed by atoms with E-state index in [0.29, 0.717) is 55.5 Å². The first kappa shape index (κ1) is 26.6. The van der Waals surface area contributed by atoms with Crippen LogP contribution in [0.1, 0.15) is 26.2 Å². The molecule has 12 heteroatoms. The van der Waals surface area contributed by atoms with Crippen molar-refractivity contribution in [3.8, 4) is 11.3 Å². The van der Waals surface area contributed by atoms with Gasteiger partial charge in [-0.25, -0.2) is 28.1 Å². The Kier molecular flexibility index (Phi) is 8.38. The molecule has 4 rings (SSSR count). The number of nitrogens with zero attached hydrogens (tertiary/aromatic N) is 6. The van der Waals surface area contributed by atoms with Crippen LogP contribution in [0.5, 0.6) is 0 Å². The minimum atomic E-state index is -3.23. The summed E-state index contributed by atoms with van der Waals surface area (Å²) in [5, 5.41) is 7.88. The molecule has 3 aromatic rings. The Morgan fingerprint density at radius 2 is 2.06 bits per heavy atom. The second-order valence-corrected chi connectivity index (χ2v) is 18.2. The summed E-state index contributed by atoms with van der Waals surface area (Å²) in [6.45, 7) is 10.9. The molecule has 1 aliphatic rings. The summed E-state index contributed by atoms with van der Waals surface area (Å²) in [5.74, 6) is 0.856. The Hall–Kier alpha value is -2.41. The van der Waals surface area contributed by atoms with Crippen molar-refractivity contribution in [2.24, 2.45) is 0 Å². The van der Waals surface area contributed by atoms with Crippen LogP contribution < -0.4 is 5.32 Å². The number of sulfonamides is 1. The number of aromatic nitrogens is 5. The molecule has 1 atom stereocenters. The Labute approximate surface area is 214 Å². The summed E-state index contributed by atoms with van der Waals surface area (Å²) in [7, 11) is -4.37. The van der Waals surface area contributed by atoms with Gasteiger partial charge in [-0.05, 0) is 37.4 Å². The van der Waals surface area contributed by atoms with Gasteiger partial charge in [0.25, 0.3) is 0 Å². The summed E-state index contributed by atoms with van der Waals surface area (Å²) >= 11 is 0. The van der Waals surface area contributed by atoms with Crippen LogP contribution in [0, 0.1) is 0 Å². The maximum Gasteiger partial charge on any atom is 0.214 e. The largest absolute Gasteiger partial charge is 0.365 e. The lowest BCUT2D eigenvalue weighted by atomic mass is 10.1. The highest BCUT2D eigenvalue weighted by Crippen LogP contribution is 2.27. The second kappa shape index (κ2) is 11.3. The first-order valence-electron chi connectivity index (χ1n) is 12.6. The van der Waals surface area contributed by atoms with E-state index in [4.69, 9.17) is 9.72 Å². The molecular formula is C24H37N7O3SSi. The van der Waals surface area contributed by atoms with E-state index >= 15 is 0 Å². The number of piperidine rings is 1. The zero-order valence-corrected chi connectivity index (χ0v) is 23.5. The molecule has 0 radical (unpaired) electrons. The van der Waals surface area contributed by atoms with Crippen molar-refractivity contribution in [1.29, 1.82) is 0 Å². The van der Waals surface area contributed by atoms with Crippen molar-refractivity contribution < 1.29 is 13.2 Å². The Balaban J connectivity index is 1.48. The van der Waals surface area contributed by atoms with E-state index < -0.39 is 18.1 Å². The maximum absolute atomic E-state index is 12.6. The number of fused-ring (bicyclic) bond motifs is 1. The average molecular weight is 532 g/mol. The van der Waals surface area contributed by atoms with Gasteiger partial charge in [-0.3, -0.25) is 0 Å². The smallest absolute Gasteiger partial charge is 0.214 e. The Morgan fingerprint density at radius 3 is 2.83 bits per heavy atom. The number of ether oxygens (including phenoxy) is 1. The molecule has 196 valence electrons. The predicted molar refractivity (Wildman–Crippen MR) is 145 cm³/mol. The van der Waals surface area contributed by atoms with E-state index in [9.17, 15) is 8.42 Å². The average Bonchev–Trinajstić information content (AvgIpc) is 3.24. The molecule has 0 aliphatic carbocycles. The van der Waals surface area contributed by atoms with Gasteiger partial charge in [-0.15, -0.1) is 0 Å². The minimum absolute atomic E-state index is 0.0215.